The zero-order valence-corrected chi connectivity index (χ0v) is 14.0. The van der Waals surface area contributed by atoms with Crippen LogP contribution in [-0.4, -0.2) is 0 Å². The van der Waals surface area contributed by atoms with Crippen LogP contribution < -0.4 is 0 Å². The van der Waals surface area contributed by atoms with Gasteiger partial charge in [-0.1, -0.05) is 49.2 Å². The molecule has 0 spiro atoms. The van der Waals surface area contributed by atoms with Gasteiger partial charge in [-0.15, -0.1) is 0 Å². The first-order chi connectivity index (χ1) is 11.9. The lowest BCUT2D eigenvalue weighted by Crippen LogP contribution is -1.99. The molecule has 0 N–H and O–H groups in total. The van der Waals surface area contributed by atoms with Gasteiger partial charge in [0.2, 0.25) is 0 Å². The number of rotatable bonds is 0. The second-order valence-electron chi connectivity index (χ2n) is 7.28. The van der Waals surface area contributed by atoms with E-state index in [1.165, 1.54) is 70.8 Å². The van der Waals surface area contributed by atoms with Gasteiger partial charge in [-0.2, -0.15) is 0 Å². The summed E-state index contributed by atoms with van der Waals surface area (Å²) in [5, 5.41) is 8.17. The molecule has 0 aliphatic heterocycles. The summed E-state index contributed by atoms with van der Waals surface area (Å²) in [6.45, 7) is 0. The first-order valence-corrected chi connectivity index (χ1v) is 9.25. The fraction of sp³-hybridized carbons (Fsp3) is 0.250. The Morgan fingerprint density at radius 3 is 1.33 bits per heavy atom. The summed E-state index contributed by atoms with van der Waals surface area (Å²) >= 11 is 0. The highest BCUT2D eigenvalue weighted by atomic mass is 14.1. The van der Waals surface area contributed by atoms with E-state index in [1.54, 1.807) is 11.1 Å². The van der Waals surface area contributed by atoms with Crippen LogP contribution in [-0.2, 0) is 12.8 Å². The maximum atomic E-state index is 2.46. The Bertz CT molecular complexity index is 970. The predicted octanol–water partition coefficient (Wildman–Crippen LogP) is 6.81. The van der Waals surface area contributed by atoms with E-state index >= 15 is 0 Å². The molecular weight excluding hydrogens is 288 g/mol. The lowest BCUT2D eigenvalue weighted by atomic mass is 9.90. The molecule has 1 aliphatic carbocycles. The molecule has 0 radical (unpaired) electrons. The zero-order valence-electron chi connectivity index (χ0n) is 14.0. The van der Waals surface area contributed by atoms with Gasteiger partial charge < -0.3 is 0 Å². The van der Waals surface area contributed by atoms with E-state index in [0.717, 1.165) is 0 Å². The number of hydrogen-bond donors (Lipinski definition) is 0. The molecule has 0 heteroatoms. The van der Waals surface area contributed by atoms with E-state index in [4.69, 9.17) is 0 Å². The van der Waals surface area contributed by atoms with Crippen LogP contribution in [0.25, 0.3) is 32.3 Å². The van der Waals surface area contributed by atoms with Crippen molar-refractivity contribution in [2.24, 2.45) is 0 Å². The lowest BCUT2D eigenvalue weighted by Gasteiger charge is -2.15. The molecule has 0 saturated carbocycles. The van der Waals surface area contributed by atoms with Crippen LogP contribution in [0.5, 0.6) is 0 Å². The van der Waals surface area contributed by atoms with Gasteiger partial charge in [-0.3, -0.25) is 0 Å². The largest absolute Gasteiger partial charge is 0.0616 e. The Morgan fingerprint density at radius 2 is 0.833 bits per heavy atom. The van der Waals surface area contributed by atoms with Gasteiger partial charge in [0.05, 0.1) is 0 Å². The van der Waals surface area contributed by atoms with Crippen molar-refractivity contribution in [3.8, 4) is 0 Å². The molecule has 0 bridgehead atoms. The predicted molar refractivity (Wildman–Crippen MR) is 105 cm³/mol. The molecule has 0 unspecified atom stereocenters. The van der Waals surface area contributed by atoms with Gasteiger partial charge in [-0.25, -0.2) is 0 Å². The van der Waals surface area contributed by atoms with Crippen molar-refractivity contribution in [3.05, 3.63) is 71.8 Å². The maximum Gasteiger partial charge on any atom is -0.0171 e. The molecule has 0 fully saturated rings. The van der Waals surface area contributed by atoms with E-state index in [0.29, 0.717) is 0 Å². The van der Waals surface area contributed by atoms with Crippen molar-refractivity contribution < 1.29 is 0 Å². The summed E-state index contributed by atoms with van der Waals surface area (Å²) in [6, 6.07) is 23.0. The molecule has 0 aromatic heterocycles. The van der Waals surface area contributed by atoms with Gasteiger partial charge in [0.1, 0.15) is 0 Å². The summed E-state index contributed by atoms with van der Waals surface area (Å²) in [4.78, 5) is 0. The van der Waals surface area contributed by atoms with Gasteiger partial charge in [0.15, 0.2) is 0 Å². The highest BCUT2D eigenvalue weighted by molar-refractivity contribution is 6.04. The first kappa shape index (κ1) is 14.0. The highest BCUT2D eigenvalue weighted by Gasteiger charge is 2.09. The summed E-state index contributed by atoms with van der Waals surface area (Å²) in [7, 11) is 0. The topological polar surface area (TPSA) is 0 Å². The SMILES string of the molecule is c1ccc2cc3cc4cc5c(cc4cc3cc2c1)CCCCCC5. The minimum Gasteiger partial charge on any atom is -0.0616 e. The standard InChI is InChI=1S/C24H22/c1-2-4-8-18-12-22-16-24-14-20-10-6-5-9-19(20)13-23(24)15-21(22)11-17(18)7-3-1/h5-6,9-16H,1-4,7-8H2. The van der Waals surface area contributed by atoms with Crippen molar-refractivity contribution in [2.45, 2.75) is 38.5 Å². The maximum absolute atomic E-state index is 2.46. The molecule has 24 heavy (non-hydrogen) atoms. The quantitative estimate of drug-likeness (QED) is 0.313. The van der Waals surface area contributed by atoms with Crippen molar-refractivity contribution >= 4 is 32.3 Å². The minimum absolute atomic E-state index is 1.25. The molecule has 0 saturated heterocycles. The average Bonchev–Trinajstić information content (AvgIpc) is 2.58. The number of aryl methyl sites for hydroxylation is 2. The van der Waals surface area contributed by atoms with Gasteiger partial charge >= 0.3 is 0 Å². The molecular formula is C24H22. The normalized spacial score (nSPS) is 15.3. The van der Waals surface area contributed by atoms with E-state index in [9.17, 15) is 0 Å². The van der Waals surface area contributed by atoms with Crippen LogP contribution >= 0.6 is 0 Å². The van der Waals surface area contributed by atoms with Gasteiger partial charge in [0, 0.05) is 0 Å². The minimum atomic E-state index is 1.25. The molecule has 1 aliphatic rings. The third kappa shape index (κ3) is 2.38. The average molecular weight is 310 g/mol. The fourth-order valence-electron chi connectivity index (χ4n) is 4.29. The van der Waals surface area contributed by atoms with Crippen molar-refractivity contribution in [1.82, 2.24) is 0 Å². The number of hydrogen-bond acceptors (Lipinski definition) is 0. The fourth-order valence-corrected chi connectivity index (χ4v) is 4.29. The number of fused-ring (bicyclic) bond motifs is 4. The van der Waals surface area contributed by atoms with E-state index in [1.807, 2.05) is 0 Å². The summed E-state index contributed by atoms with van der Waals surface area (Å²) < 4.78 is 0. The molecule has 0 amide bonds. The summed E-state index contributed by atoms with van der Waals surface area (Å²) in [5.41, 5.74) is 3.17. The first-order valence-electron chi connectivity index (χ1n) is 9.25. The lowest BCUT2D eigenvalue weighted by molar-refractivity contribution is 0.617. The second kappa shape index (κ2) is 5.63. The second-order valence-corrected chi connectivity index (χ2v) is 7.28. The van der Waals surface area contributed by atoms with Crippen molar-refractivity contribution in [2.75, 3.05) is 0 Å². The number of benzene rings is 4. The van der Waals surface area contributed by atoms with Crippen LogP contribution in [0.4, 0.5) is 0 Å². The van der Waals surface area contributed by atoms with Crippen LogP contribution in [0.3, 0.4) is 0 Å². The molecule has 4 aromatic carbocycles. The van der Waals surface area contributed by atoms with Crippen molar-refractivity contribution in [1.29, 1.82) is 0 Å². The van der Waals surface area contributed by atoms with Crippen LogP contribution in [0.2, 0.25) is 0 Å². The Kier molecular flexibility index (Phi) is 3.29. The van der Waals surface area contributed by atoms with Crippen LogP contribution in [0.15, 0.2) is 60.7 Å². The van der Waals surface area contributed by atoms with Crippen LogP contribution in [0, 0.1) is 0 Å². The monoisotopic (exact) mass is 310 g/mol. The van der Waals surface area contributed by atoms with Gasteiger partial charge in [-0.05, 0) is 93.4 Å². The molecule has 118 valence electrons. The Morgan fingerprint density at radius 1 is 0.417 bits per heavy atom. The molecule has 4 aromatic rings. The van der Waals surface area contributed by atoms with E-state index in [2.05, 4.69) is 60.7 Å². The third-order valence-corrected chi connectivity index (χ3v) is 5.62. The molecule has 5 rings (SSSR count). The zero-order chi connectivity index (χ0) is 15.9. The Hall–Kier alpha value is -2.34. The van der Waals surface area contributed by atoms with E-state index in [-0.39, 0.29) is 0 Å². The Labute approximate surface area is 143 Å². The van der Waals surface area contributed by atoms with Gasteiger partial charge in [0.25, 0.3) is 0 Å². The summed E-state index contributed by atoms with van der Waals surface area (Å²) in [5.74, 6) is 0. The van der Waals surface area contributed by atoms with Crippen LogP contribution in [0.1, 0.15) is 36.8 Å². The molecule has 0 heterocycles. The smallest absolute Gasteiger partial charge is 0.0171 e. The summed E-state index contributed by atoms with van der Waals surface area (Å²) in [6.07, 6.45) is 7.97. The Balaban J connectivity index is 1.76. The molecule has 0 atom stereocenters. The third-order valence-electron chi connectivity index (χ3n) is 5.62. The molecule has 0 nitrogen and oxygen atoms in total. The highest BCUT2D eigenvalue weighted by Crippen LogP contribution is 2.31. The van der Waals surface area contributed by atoms with Crippen molar-refractivity contribution in [3.63, 3.8) is 0 Å². The van der Waals surface area contributed by atoms with E-state index < -0.39 is 0 Å².